The molecule has 0 unspecified atom stereocenters. The molecule has 0 spiro atoms. The molecule has 1 fully saturated rings. The molecule has 1 aliphatic heterocycles. The first-order chi connectivity index (χ1) is 20.0. The Balaban J connectivity index is 1.32. The third kappa shape index (κ3) is 6.40. The summed E-state index contributed by atoms with van der Waals surface area (Å²) in [4.78, 5) is 30.0. The van der Waals surface area contributed by atoms with E-state index in [9.17, 15) is 18.0 Å². The standard InChI is InChI=1S/C29H32F3N9O/c1-18(2)40-9-6-23(7-10-40)39(4)24-11-20(14-33-16-24)26-17-41(38-37-26)27-13-22(15-35-19(27)3)36-28(42)25-12-21(5-8-34-25)29(30,31)32/h5,8,11-18,23H,6-7,9-10H2,1-4H3,(H,36,42). The summed E-state index contributed by atoms with van der Waals surface area (Å²) in [6, 6.07) is 6.15. The van der Waals surface area contributed by atoms with Crippen molar-refractivity contribution in [1.29, 1.82) is 0 Å². The fourth-order valence-electron chi connectivity index (χ4n) is 5.02. The largest absolute Gasteiger partial charge is 0.416 e. The van der Waals surface area contributed by atoms with Crippen LogP contribution in [0.25, 0.3) is 16.9 Å². The van der Waals surface area contributed by atoms with Gasteiger partial charge in [-0.2, -0.15) is 13.2 Å². The second-order valence-electron chi connectivity index (χ2n) is 10.7. The molecule has 1 amide bonds. The average molecular weight is 580 g/mol. The number of amides is 1. The normalized spacial score (nSPS) is 14.8. The van der Waals surface area contributed by atoms with E-state index in [0.717, 1.165) is 49.4 Å². The van der Waals surface area contributed by atoms with Gasteiger partial charge in [0.25, 0.3) is 5.91 Å². The van der Waals surface area contributed by atoms with Gasteiger partial charge in [0.2, 0.25) is 0 Å². The topological polar surface area (TPSA) is 105 Å². The average Bonchev–Trinajstić information content (AvgIpc) is 3.48. The van der Waals surface area contributed by atoms with Crippen LogP contribution in [0.1, 0.15) is 48.4 Å². The zero-order valence-electron chi connectivity index (χ0n) is 23.8. The molecule has 0 bridgehead atoms. The lowest BCUT2D eigenvalue weighted by molar-refractivity contribution is -0.137. The Bertz CT molecular complexity index is 1560. The molecule has 4 aromatic rings. The Morgan fingerprint density at radius 3 is 2.57 bits per heavy atom. The highest BCUT2D eigenvalue weighted by atomic mass is 19.4. The van der Waals surface area contributed by atoms with E-state index < -0.39 is 17.6 Å². The third-order valence-electron chi connectivity index (χ3n) is 7.58. The number of halogens is 3. The zero-order valence-corrected chi connectivity index (χ0v) is 23.8. The highest BCUT2D eigenvalue weighted by Gasteiger charge is 2.31. The van der Waals surface area contributed by atoms with E-state index in [4.69, 9.17) is 0 Å². The number of carbonyl (C=O) groups is 1. The number of alkyl halides is 3. The van der Waals surface area contributed by atoms with Crippen LogP contribution in [-0.2, 0) is 6.18 Å². The number of piperidine rings is 1. The van der Waals surface area contributed by atoms with Crippen LogP contribution in [0, 0.1) is 6.92 Å². The van der Waals surface area contributed by atoms with Crippen molar-refractivity contribution in [1.82, 2.24) is 34.8 Å². The van der Waals surface area contributed by atoms with Gasteiger partial charge in [-0.3, -0.25) is 19.7 Å². The van der Waals surface area contributed by atoms with Crippen LogP contribution in [-0.4, -0.2) is 73.0 Å². The van der Waals surface area contributed by atoms with Crippen molar-refractivity contribution in [3.05, 3.63) is 72.2 Å². The van der Waals surface area contributed by atoms with Crippen molar-refractivity contribution >= 4 is 17.3 Å². The van der Waals surface area contributed by atoms with Gasteiger partial charge < -0.3 is 15.1 Å². The van der Waals surface area contributed by atoms with Gasteiger partial charge in [-0.15, -0.1) is 5.10 Å². The summed E-state index contributed by atoms with van der Waals surface area (Å²) in [5.74, 6) is -0.793. The highest BCUT2D eigenvalue weighted by Crippen LogP contribution is 2.30. The molecule has 0 radical (unpaired) electrons. The molecule has 13 heteroatoms. The highest BCUT2D eigenvalue weighted by molar-refractivity contribution is 6.03. The summed E-state index contributed by atoms with van der Waals surface area (Å²) in [5, 5.41) is 11.2. The van der Waals surface area contributed by atoms with Crippen molar-refractivity contribution in [3.8, 4) is 16.9 Å². The molecule has 42 heavy (non-hydrogen) atoms. The number of carbonyl (C=O) groups excluding carboxylic acids is 1. The maximum absolute atomic E-state index is 13.1. The van der Waals surface area contributed by atoms with E-state index in [1.54, 1.807) is 25.4 Å². The number of aryl methyl sites for hydroxylation is 1. The minimum atomic E-state index is -4.59. The molecule has 0 saturated carbocycles. The summed E-state index contributed by atoms with van der Waals surface area (Å²) < 4.78 is 40.7. The Morgan fingerprint density at radius 1 is 1.10 bits per heavy atom. The van der Waals surface area contributed by atoms with Crippen molar-refractivity contribution in [2.24, 2.45) is 0 Å². The van der Waals surface area contributed by atoms with Crippen LogP contribution >= 0.6 is 0 Å². The van der Waals surface area contributed by atoms with Gasteiger partial charge in [0.15, 0.2) is 0 Å². The van der Waals surface area contributed by atoms with Crippen molar-refractivity contribution in [3.63, 3.8) is 0 Å². The van der Waals surface area contributed by atoms with E-state index in [-0.39, 0.29) is 11.4 Å². The second-order valence-corrected chi connectivity index (χ2v) is 10.7. The molecule has 1 N–H and O–H groups in total. The van der Waals surface area contributed by atoms with Crippen molar-refractivity contribution in [2.75, 3.05) is 30.4 Å². The number of hydrogen-bond donors (Lipinski definition) is 1. The Hall–Kier alpha value is -4.39. The minimum absolute atomic E-state index is 0.269. The van der Waals surface area contributed by atoms with Gasteiger partial charge in [0, 0.05) is 50.2 Å². The molecule has 1 aliphatic rings. The third-order valence-corrected chi connectivity index (χ3v) is 7.58. The maximum Gasteiger partial charge on any atom is 0.416 e. The summed E-state index contributed by atoms with van der Waals surface area (Å²) in [6.07, 6.45) is 5.26. The SMILES string of the molecule is Cc1ncc(NC(=O)c2cc(C(F)(F)F)ccn2)cc1-n1cc(-c2cncc(N(C)C3CCN(C(C)C)CC3)c2)nn1. The summed E-state index contributed by atoms with van der Waals surface area (Å²) in [5.41, 5.74) is 2.51. The monoisotopic (exact) mass is 579 g/mol. The molecule has 10 nitrogen and oxygen atoms in total. The quantitative estimate of drug-likeness (QED) is 0.326. The van der Waals surface area contributed by atoms with E-state index in [2.05, 4.69) is 61.3 Å². The summed E-state index contributed by atoms with van der Waals surface area (Å²) in [6.45, 7) is 8.37. The van der Waals surface area contributed by atoms with Gasteiger partial charge in [0.05, 0.1) is 46.9 Å². The van der Waals surface area contributed by atoms with Crippen LogP contribution < -0.4 is 10.2 Å². The number of nitrogens with one attached hydrogen (secondary N) is 1. The Kier molecular flexibility index (Phi) is 8.21. The number of pyridine rings is 3. The molecular formula is C29H32F3N9O. The van der Waals surface area contributed by atoms with Gasteiger partial charge in [-0.1, -0.05) is 5.21 Å². The fourth-order valence-corrected chi connectivity index (χ4v) is 5.02. The number of aromatic nitrogens is 6. The molecule has 0 aromatic carbocycles. The van der Waals surface area contributed by atoms with Gasteiger partial charge in [-0.25, -0.2) is 4.68 Å². The van der Waals surface area contributed by atoms with E-state index in [0.29, 0.717) is 35.2 Å². The second kappa shape index (κ2) is 11.8. The fraction of sp³-hybridized carbons (Fsp3) is 0.379. The number of anilines is 2. The molecular weight excluding hydrogens is 547 g/mol. The molecule has 0 aliphatic carbocycles. The zero-order chi connectivity index (χ0) is 30.0. The number of rotatable bonds is 7. The predicted octanol–water partition coefficient (Wildman–Crippen LogP) is 5.01. The van der Waals surface area contributed by atoms with Crippen LogP contribution in [0.4, 0.5) is 24.5 Å². The number of likely N-dealkylation sites (tertiary alicyclic amines) is 1. The first-order valence-corrected chi connectivity index (χ1v) is 13.7. The lowest BCUT2D eigenvalue weighted by Crippen LogP contribution is -2.45. The lowest BCUT2D eigenvalue weighted by Gasteiger charge is -2.39. The van der Waals surface area contributed by atoms with Crippen LogP contribution in [0.3, 0.4) is 0 Å². The molecule has 0 atom stereocenters. The molecule has 5 rings (SSSR count). The van der Waals surface area contributed by atoms with E-state index in [1.165, 1.54) is 10.9 Å². The van der Waals surface area contributed by atoms with Gasteiger partial charge in [-0.05, 0) is 57.9 Å². The molecule has 5 heterocycles. The first kappa shape index (κ1) is 29.1. The molecule has 4 aromatic heterocycles. The molecule has 1 saturated heterocycles. The van der Waals surface area contributed by atoms with Crippen LogP contribution in [0.2, 0.25) is 0 Å². The maximum atomic E-state index is 13.1. The van der Waals surface area contributed by atoms with Gasteiger partial charge >= 0.3 is 6.18 Å². The van der Waals surface area contributed by atoms with E-state index >= 15 is 0 Å². The van der Waals surface area contributed by atoms with Crippen molar-refractivity contribution in [2.45, 2.75) is 51.9 Å². The molecule has 220 valence electrons. The predicted molar refractivity (Wildman–Crippen MR) is 152 cm³/mol. The van der Waals surface area contributed by atoms with Crippen LogP contribution in [0.15, 0.2) is 55.2 Å². The Morgan fingerprint density at radius 2 is 1.86 bits per heavy atom. The number of hydrogen-bond acceptors (Lipinski definition) is 8. The van der Waals surface area contributed by atoms with Crippen LogP contribution in [0.5, 0.6) is 0 Å². The lowest BCUT2D eigenvalue weighted by atomic mass is 10.0. The number of nitrogens with zero attached hydrogens (tertiary/aromatic N) is 8. The Labute approximate surface area is 241 Å². The smallest absolute Gasteiger partial charge is 0.370 e. The van der Waals surface area contributed by atoms with E-state index in [1.807, 2.05) is 12.3 Å². The summed E-state index contributed by atoms with van der Waals surface area (Å²) >= 11 is 0. The van der Waals surface area contributed by atoms with Gasteiger partial charge in [0.1, 0.15) is 11.4 Å². The van der Waals surface area contributed by atoms with Crippen molar-refractivity contribution < 1.29 is 18.0 Å². The first-order valence-electron chi connectivity index (χ1n) is 13.7. The summed E-state index contributed by atoms with van der Waals surface area (Å²) in [7, 11) is 2.09. The minimum Gasteiger partial charge on any atom is -0.370 e.